The molecule has 1 amide bonds. The first-order chi connectivity index (χ1) is 6.20. The molecular formula is C9H13N3O. The zero-order valence-corrected chi connectivity index (χ0v) is 7.87. The van der Waals surface area contributed by atoms with Gasteiger partial charge in [0.2, 0.25) is 0 Å². The highest BCUT2D eigenvalue weighted by Crippen LogP contribution is 2.17. The van der Waals surface area contributed by atoms with Crippen LogP contribution in [0.5, 0.6) is 0 Å². The maximum Gasteiger partial charge on any atom is 0.257 e. The van der Waals surface area contributed by atoms with Crippen LogP contribution >= 0.6 is 0 Å². The second kappa shape index (κ2) is 2.87. The molecule has 0 saturated heterocycles. The number of amides is 1. The van der Waals surface area contributed by atoms with Crippen LogP contribution in [0.4, 0.5) is 0 Å². The second-order valence-corrected chi connectivity index (χ2v) is 3.59. The number of aromatic nitrogens is 2. The minimum atomic E-state index is 0.102. The first-order valence-corrected chi connectivity index (χ1v) is 4.53. The van der Waals surface area contributed by atoms with E-state index in [9.17, 15) is 4.79 Å². The average Bonchev–Trinajstić information content (AvgIpc) is 2.52. The van der Waals surface area contributed by atoms with Crippen LogP contribution in [-0.4, -0.2) is 33.6 Å². The molecule has 1 N–H and O–H groups in total. The molecule has 0 saturated carbocycles. The van der Waals surface area contributed by atoms with Crippen molar-refractivity contribution in [3.63, 3.8) is 0 Å². The molecule has 0 fully saturated rings. The SMILES string of the molecule is CC(C)N1CCc2n[nH]cc2C1=O. The molecule has 1 aromatic rings. The van der Waals surface area contributed by atoms with Gasteiger partial charge in [-0.2, -0.15) is 5.10 Å². The molecule has 1 aliphatic heterocycles. The highest BCUT2D eigenvalue weighted by atomic mass is 16.2. The van der Waals surface area contributed by atoms with Gasteiger partial charge in [-0.25, -0.2) is 0 Å². The fraction of sp³-hybridized carbons (Fsp3) is 0.556. The monoisotopic (exact) mass is 179 g/mol. The van der Waals surface area contributed by atoms with Crippen molar-refractivity contribution in [2.75, 3.05) is 6.54 Å². The lowest BCUT2D eigenvalue weighted by Crippen LogP contribution is -2.41. The smallest absolute Gasteiger partial charge is 0.257 e. The molecule has 0 atom stereocenters. The summed E-state index contributed by atoms with van der Waals surface area (Å²) in [5.41, 5.74) is 1.64. The van der Waals surface area contributed by atoms with Gasteiger partial charge in [0.15, 0.2) is 0 Å². The molecule has 0 spiro atoms. The van der Waals surface area contributed by atoms with Gasteiger partial charge in [-0.3, -0.25) is 9.89 Å². The molecule has 4 nitrogen and oxygen atoms in total. The summed E-state index contributed by atoms with van der Waals surface area (Å²) in [6.45, 7) is 4.85. The zero-order chi connectivity index (χ0) is 9.42. The lowest BCUT2D eigenvalue weighted by Gasteiger charge is -2.29. The van der Waals surface area contributed by atoms with Gasteiger partial charge in [0.1, 0.15) is 0 Å². The number of rotatable bonds is 1. The summed E-state index contributed by atoms with van der Waals surface area (Å²) in [5.74, 6) is 0.102. The first-order valence-electron chi connectivity index (χ1n) is 4.53. The number of hydrogen-bond acceptors (Lipinski definition) is 2. The Morgan fingerprint density at radius 2 is 2.38 bits per heavy atom. The third kappa shape index (κ3) is 1.22. The number of hydrogen-bond donors (Lipinski definition) is 1. The molecule has 0 aliphatic carbocycles. The van der Waals surface area contributed by atoms with E-state index in [1.165, 1.54) is 0 Å². The number of H-pyrrole nitrogens is 1. The van der Waals surface area contributed by atoms with Crippen molar-refractivity contribution in [2.45, 2.75) is 26.3 Å². The fourth-order valence-corrected chi connectivity index (χ4v) is 1.67. The van der Waals surface area contributed by atoms with E-state index in [1.807, 2.05) is 18.7 Å². The zero-order valence-electron chi connectivity index (χ0n) is 7.87. The Balaban J connectivity index is 2.32. The summed E-state index contributed by atoms with van der Waals surface area (Å²) < 4.78 is 0. The molecule has 0 aromatic carbocycles. The van der Waals surface area contributed by atoms with Crippen molar-refractivity contribution in [3.05, 3.63) is 17.5 Å². The maximum absolute atomic E-state index is 11.8. The van der Waals surface area contributed by atoms with E-state index >= 15 is 0 Å². The molecular weight excluding hydrogens is 166 g/mol. The van der Waals surface area contributed by atoms with Gasteiger partial charge < -0.3 is 4.90 Å². The highest BCUT2D eigenvalue weighted by Gasteiger charge is 2.27. The predicted octanol–water partition coefficient (Wildman–Crippen LogP) is 0.816. The van der Waals surface area contributed by atoms with Crippen LogP contribution in [0, 0.1) is 0 Å². The Morgan fingerprint density at radius 3 is 3.08 bits per heavy atom. The van der Waals surface area contributed by atoms with Crippen LogP contribution in [-0.2, 0) is 6.42 Å². The van der Waals surface area contributed by atoms with Crippen molar-refractivity contribution in [1.82, 2.24) is 15.1 Å². The molecule has 13 heavy (non-hydrogen) atoms. The van der Waals surface area contributed by atoms with Gasteiger partial charge in [0.05, 0.1) is 11.3 Å². The minimum absolute atomic E-state index is 0.102. The maximum atomic E-state index is 11.8. The van der Waals surface area contributed by atoms with Gasteiger partial charge in [-0.15, -0.1) is 0 Å². The highest BCUT2D eigenvalue weighted by molar-refractivity contribution is 5.96. The number of nitrogens with one attached hydrogen (secondary N) is 1. The van der Waals surface area contributed by atoms with Crippen LogP contribution in [0.25, 0.3) is 0 Å². The van der Waals surface area contributed by atoms with Crippen LogP contribution < -0.4 is 0 Å². The van der Waals surface area contributed by atoms with E-state index in [0.717, 1.165) is 24.2 Å². The number of fused-ring (bicyclic) bond motifs is 1. The van der Waals surface area contributed by atoms with Crippen molar-refractivity contribution in [3.8, 4) is 0 Å². The topological polar surface area (TPSA) is 49.0 Å². The lowest BCUT2D eigenvalue weighted by molar-refractivity contribution is 0.0688. The molecule has 2 heterocycles. The standard InChI is InChI=1S/C9H13N3O/c1-6(2)12-4-3-8-7(9(12)13)5-10-11-8/h5-6H,3-4H2,1-2H3,(H,10,11). The third-order valence-electron chi connectivity index (χ3n) is 2.42. The number of aromatic amines is 1. The number of carbonyl (C=O) groups is 1. The molecule has 0 unspecified atom stereocenters. The van der Waals surface area contributed by atoms with Gasteiger partial charge in [0.25, 0.3) is 5.91 Å². The summed E-state index contributed by atoms with van der Waals surface area (Å²) in [5, 5.41) is 6.76. The third-order valence-corrected chi connectivity index (χ3v) is 2.42. The lowest BCUT2D eigenvalue weighted by atomic mass is 10.1. The Bertz CT molecular complexity index is 329. The van der Waals surface area contributed by atoms with E-state index < -0.39 is 0 Å². The number of carbonyl (C=O) groups excluding carboxylic acids is 1. The summed E-state index contributed by atoms with van der Waals surface area (Å²) in [6, 6.07) is 0.274. The molecule has 70 valence electrons. The molecule has 1 aliphatic rings. The predicted molar refractivity (Wildman–Crippen MR) is 48.5 cm³/mol. The van der Waals surface area contributed by atoms with Crippen LogP contribution in [0.3, 0.4) is 0 Å². The molecule has 0 bridgehead atoms. The summed E-state index contributed by atoms with van der Waals surface area (Å²) >= 11 is 0. The Labute approximate surface area is 76.9 Å². The molecule has 1 aromatic heterocycles. The summed E-state index contributed by atoms with van der Waals surface area (Å²) in [6.07, 6.45) is 2.55. The van der Waals surface area contributed by atoms with Crippen molar-refractivity contribution < 1.29 is 4.79 Å². The van der Waals surface area contributed by atoms with Crippen LogP contribution in [0.2, 0.25) is 0 Å². The van der Waals surface area contributed by atoms with Gasteiger partial charge in [-0.1, -0.05) is 0 Å². The van der Waals surface area contributed by atoms with Crippen molar-refractivity contribution in [2.24, 2.45) is 0 Å². The Kier molecular flexibility index (Phi) is 1.83. The first kappa shape index (κ1) is 8.29. The van der Waals surface area contributed by atoms with E-state index in [2.05, 4.69) is 10.2 Å². The summed E-state index contributed by atoms with van der Waals surface area (Å²) in [4.78, 5) is 13.7. The van der Waals surface area contributed by atoms with Gasteiger partial charge >= 0.3 is 0 Å². The van der Waals surface area contributed by atoms with E-state index in [0.29, 0.717) is 0 Å². The van der Waals surface area contributed by atoms with E-state index in [1.54, 1.807) is 6.20 Å². The van der Waals surface area contributed by atoms with E-state index in [4.69, 9.17) is 0 Å². The quantitative estimate of drug-likeness (QED) is 0.693. The molecule has 2 rings (SSSR count). The Hall–Kier alpha value is -1.32. The van der Waals surface area contributed by atoms with E-state index in [-0.39, 0.29) is 11.9 Å². The largest absolute Gasteiger partial charge is 0.336 e. The van der Waals surface area contributed by atoms with Crippen LogP contribution in [0.15, 0.2) is 6.20 Å². The average molecular weight is 179 g/mol. The number of nitrogens with zero attached hydrogens (tertiary/aromatic N) is 2. The summed E-state index contributed by atoms with van der Waals surface area (Å²) in [7, 11) is 0. The van der Waals surface area contributed by atoms with Gasteiger partial charge in [0, 0.05) is 25.2 Å². The second-order valence-electron chi connectivity index (χ2n) is 3.59. The Morgan fingerprint density at radius 1 is 1.62 bits per heavy atom. The molecule has 0 radical (unpaired) electrons. The minimum Gasteiger partial charge on any atom is -0.336 e. The molecule has 4 heteroatoms. The van der Waals surface area contributed by atoms with Crippen molar-refractivity contribution >= 4 is 5.91 Å². The normalized spacial score (nSPS) is 16.5. The van der Waals surface area contributed by atoms with Crippen molar-refractivity contribution in [1.29, 1.82) is 0 Å². The van der Waals surface area contributed by atoms with Gasteiger partial charge in [-0.05, 0) is 13.8 Å². The van der Waals surface area contributed by atoms with Crippen LogP contribution in [0.1, 0.15) is 29.9 Å². The fourth-order valence-electron chi connectivity index (χ4n) is 1.67.